The summed E-state index contributed by atoms with van der Waals surface area (Å²) in [4.78, 5) is 189. The number of amides is 6. The van der Waals surface area contributed by atoms with Crippen molar-refractivity contribution in [3.8, 4) is 0 Å². The van der Waals surface area contributed by atoms with Gasteiger partial charge in [0.25, 0.3) is 0 Å². The zero-order valence-electron chi connectivity index (χ0n) is 90.9. The van der Waals surface area contributed by atoms with Gasteiger partial charge in [0.05, 0.1) is 113 Å². The van der Waals surface area contributed by atoms with Gasteiger partial charge in [-0.3, -0.25) is 67.0 Å². The van der Waals surface area contributed by atoms with Gasteiger partial charge in [-0.15, -0.1) is 26.3 Å². The Morgan fingerprint density at radius 2 is 0.884 bits per heavy atom. The number of nitrogens with one attached hydrogen (secondary N) is 2. The summed E-state index contributed by atoms with van der Waals surface area (Å²) >= 11 is 0. The number of nitrogens with zero attached hydrogens (tertiary/aromatic N) is 4. The molecule has 4 saturated heterocycles. The lowest BCUT2D eigenvalue weighted by Gasteiger charge is -2.32. The zero-order valence-corrected chi connectivity index (χ0v) is 92.5. The van der Waals surface area contributed by atoms with Gasteiger partial charge >= 0.3 is 35.8 Å². The summed E-state index contributed by atoms with van der Waals surface area (Å²) < 4.78 is 80.7. The second kappa shape index (κ2) is 54.6. The fourth-order valence-corrected chi connectivity index (χ4v) is 23.6. The van der Waals surface area contributed by atoms with E-state index in [1.807, 2.05) is 58.1 Å². The van der Waals surface area contributed by atoms with Crippen LogP contribution < -0.4 is 9.44 Å². The van der Waals surface area contributed by atoms with Gasteiger partial charge in [-0.1, -0.05) is 107 Å². The molecule has 9 rings (SSSR count). The van der Waals surface area contributed by atoms with Gasteiger partial charge in [0.1, 0.15) is 34.5 Å². The molecule has 24 atom stereocenters. The number of esters is 5. The summed E-state index contributed by atoms with van der Waals surface area (Å²) in [5.41, 5.74) is -5.27. The first-order valence-corrected chi connectivity index (χ1v) is 55.3. The summed E-state index contributed by atoms with van der Waals surface area (Å²) in [6.45, 7) is 55.4. The normalized spacial score (nSPS) is 27.7. The number of aliphatic hydroxyl groups is 4. The molecule has 36 heteroatoms. The SMILES string of the molecule is C.C.C=CCCC(C)C[C@@H](C)[C@H](CC(=O)OC(C)(C)C)C(=O)N1C[C@H](O)C[C@H]1C(=O)C[C@]1(C(=O)NS(=O)(=O)C2(C)CC2)C[C@H]1C=C.C=CCCC(C)C[C@@H](C)[C@H](CC(=O)OC(C)(C)C)C(=O)N1C[C@H](O)C[C@H]1C(=O)O.C=CCCC(C)C[C@@H](C)[C@H](CC(=O)OC(C)(C)C)C(=O)N1C[C@H](O)C[C@H]1C(=O)OC.CC1CC/C=C\[C@@H]2C[C@@]2(C(=O)NS(=O)(=O)C2(C)CC2)CC(=O)[C@@H]2C[C@@H](O)CN2C(=O)[C@@H](CC(=O)OC(C)(C)C)[C@H](C)C1. The highest BCUT2D eigenvalue weighted by Crippen LogP contribution is 2.59. The monoisotopic (exact) mass is 2110 g/mol. The minimum atomic E-state index is -3.91. The number of ether oxygens (including phenoxy) is 5. The first-order chi connectivity index (χ1) is 66.9. The average molecular weight is 2110 g/mol. The highest BCUT2D eigenvalue weighted by atomic mass is 32.2. The summed E-state index contributed by atoms with van der Waals surface area (Å²) in [5, 5.41) is 50.6. The molecule has 4 saturated carbocycles. The number of carboxylic acid groups (broad SMARTS) is 1. The van der Waals surface area contributed by atoms with E-state index in [0.29, 0.717) is 56.8 Å². The molecule has 7 N–H and O–H groups in total. The van der Waals surface area contributed by atoms with E-state index in [1.54, 1.807) is 103 Å². The maximum atomic E-state index is 14.1. The number of rotatable bonds is 41. The second-order valence-corrected chi connectivity index (χ2v) is 52.5. The predicted octanol–water partition coefficient (Wildman–Crippen LogP) is 14.7. The topological polar surface area (TPSA) is 492 Å². The molecule has 5 aliphatic heterocycles. The standard InChI is InChI=1S/C33H52N2O8S.C31H48N2O8S.C23H39NO6.C22H37NO6.2CH4/c1-9-11-12-21(3)15-22(4)25(17-28(38)43-31(5,6)7)29(39)35-20-24(36)16-26(35)27(37)19-33(18-23(33)10-2)30(40)34-44(41,42)32(8)13-14-32;1-19-9-7-8-10-21-16-31(21,28(38)32-42(39,40)30(6)11-12-30)17-25(35)24-14-22(34)18-33(24)27(37)23(20(2)13-19)15-26(36)41-29(3,4)5;1-8-9-10-15(2)11-16(3)18(13-20(26)30-23(4,5)6)21(27)24-14-17(25)12-19(24)22(28)29-7;1-7-8-9-14(2)10-15(3)17(12-19(25)29-22(4,5)6)20(26)23-13-16(24)11-18(23)21(27)28;;/h9-10,21-26,36H,1-2,11-20H2,3-8H3,(H,34,40);8,10,19-24,34H,7,9,11-18H2,1-6H3,(H,32,38);8,15-19,25H,1,9-14H2,2-7H3;7,14-18,24H,1,8-13H2,2-6H3,(H,27,28);2*1H4/b;10-8-;;;;/t21?,22-,23-,24-,25+,26+,33-;19?,20-,21-,22-,23+,24+,31-;15?,16-,17-,18+,19+;14?,15-,16-,17+,18+;;/m1111../s1. The summed E-state index contributed by atoms with van der Waals surface area (Å²) in [7, 11) is -6.54. The van der Waals surface area contributed by atoms with Crippen LogP contribution >= 0.6 is 0 Å². The first-order valence-electron chi connectivity index (χ1n) is 52.3. The van der Waals surface area contributed by atoms with E-state index in [0.717, 1.165) is 64.2 Å². The van der Waals surface area contributed by atoms with Crippen LogP contribution in [0.3, 0.4) is 0 Å². The lowest BCUT2D eigenvalue weighted by Crippen LogP contribution is -2.48. The molecular weight excluding hydrogens is 1930 g/mol. The van der Waals surface area contributed by atoms with E-state index in [2.05, 4.69) is 63.5 Å². The number of hydrogen-bond donors (Lipinski definition) is 7. The van der Waals surface area contributed by atoms with Crippen LogP contribution in [0.15, 0.2) is 62.8 Å². The molecule has 9 aliphatic rings. The van der Waals surface area contributed by atoms with E-state index in [9.17, 15) is 109 Å². The molecular formula is C111H184N6O28S2. The van der Waals surface area contributed by atoms with Gasteiger partial charge in [0, 0.05) is 64.7 Å². The Labute approximate surface area is 877 Å². The van der Waals surface area contributed by atoms with Crippen LogP contribution in [0.5, 0.6) is 0 Å². The molecule has 838 valence electrons. The molecule has 0 aromatic carbocycles. The Morgan fingerprint density at radius 3 is 1.25 bits per heavy atom. The molecule has 4 unspecified atom stereocenters. The number of carbonyl (C=O) groups excluding carboxylic acids is 13. The smallest absolute Gasteiger partial charge is 0.328 e. The van der Waals surface area contributed by atoms with Crippen molar-refractivity contribution in [3.63, 3.8) is 0 Å². The molecule has 147 heavy (non-hydrogen) atoms. The van der Waals surface area contributed by atoms with Crippen molar-refractivity contribution in [2.75, 3.05) is 33.3 Å². The average Bonchev–Trinajstić information content (AvgIpc) is 1.56. The van der Waals surface area contributed by atoms with Crippen LogP contribution in [0.25, 0.3) is 0 Å². The lowest BCUT2D eigenvalue weighted by molar-refractivity contribution is -0.161. The number of carbonyl (C=O) groups is 14. The minimum absolute atomic E-state index is 0. The molecule has 34 nitrogen and oxygen atoms in total. The molecule has 4 aliphatic carbocycles. The van der Waals surface area contributed by atoms with Crippen molar-refractivity contribution in [2.45, 2.75) is 427 Å². The van der Waals surface area contributed by atoms with Crippen LogP contribution in [0, 0.1) is 93.7 Å². The molecule has 0 radical (unpaired) electrons. The van der Waals surface area contributed by atoms with E-state index in [1.165, 1.54) is 26.7 Å². The van der Waals surface area contributed by atoms with E-state index >= 15 is 0 Å². The minimum Gasteiger partial charge on any atom is -0.480 e. The van der Waals surface area contributed by atoms with Gasteiger partial charge < -0.3 is 68.8 Å². The lowest BCUT2D eigenvalue weighted by atomic mass is 9.82. The number of allylic oxidation sites excluding steroid dienone is 6. The number of β-amino-alcohol motifs (C(OH)–C–C–N with tert-alkyl or cyclic N) is 3. The van der Waals surface area contributed by atoms with Crippen LogP contribution in [0.1, 0.15) is 347 Å². The molecule has 0 bridgehead atoms. The van der Waals surface area contributed by atoms with Gasteiger partial charge in [0.2, 0.25) is 55.5 Å². The maximum Gasteiger partial charge on any atom is 0.328 e. The number of sulfonamides is 2. The highest BCUT2D eigenvalue weighted by molar-refractivity contribution is 7.92. The quantitative estimate of drug-likeness (QED) is 0.0170. The van der Waals surface area contributed by atoms with E-state index < -0.39 is 200 Å². The number of ketones is 2. The van der Waals surface area contributed by atoms with Crippen molar-refractivity contribution < 1.29 is 133 Å². The second-order valence-electron chi connectivity index (χ2n) is 48.1. The molecule has 8 fully saturated rings. The Morgan fingerprint density at radius 1 is 0.517 bits per heavy atom. The van der Waals surface area contributed by atoms with Crippen molar-refractivity contribution in [1.29, 1.82) is 0 Å². The molecule has 5 heterocycles. The van der Waals surface area contributed by atoms with Crippen LogP contribution in [-0.4, -0.2) is 259 Å². The number of fused-ring (bicyclic) bond motifs is 2. The largest absolute Gasteiger partial charge is 0.480 e. The van der Waals surface area contributed by atoms with Crippen LogP contribution in [-0.2, 0) is 111 Å². The fraction of sp³-hybridized carbons (Fsp3) is 0.784. The molecule has 0 aromatic rings. The Bertz CT molecular complexity index is 4840. The predicted molar refractivity (Wildman–Crippen MR) is 562 cm³/mol. The Kier molecular flexibility index (Phi) is 48.5. The van der Waals surface area contributed by atoms with Crippen LogP contribution in [0.4, 0.5) is 0 Å². The third kappa shape index (κ3) is 38.3. The van der Waals surface area contributed by atoms with Crippen LogP contribution in [0.2, 0.25) is 0 Å². The number of methoxy groups -OCH3 is 1. The Balaban J connectivity index is 0.000000413. The summed E-state index contributed by atoms with van der Waals surface area (Å²) in [5.74, 6) is -10.3. The number of likely N-dealkylation sites (tertiary alicyclic amines) is 3. The fourth-order valence-electron chi connectivity index (χ4n) is 20.9. The molecule has 6 amide bonds. The molecule has 0 aromatic heterocycles. The molecule has 0 spiro atoms. The van der Waals surface area contributed by atoms with Gasteiger partial charge in [-0.25, -0.2) is 26.4 Å². The van der Waals surface area contributed by atoms with Gasteiger partial charge in [0.15, 0.2) is 11.6 Å². The van der Waals surface area contributed by atoms with Crippen molar-refractivity contribution in [1.82, 2.24) is 29.0 Å². The number of Topliss-reactive ketones (excluding diaryl/α,β-unsaturated/α-hetero) is 2. The van der Waals surface area contributed by atoms with Gasteiger partial charge in [-0.2, -0.15) is 0 Å². The number of aliphatic hydroxyl groups excluding tert-OH is 4. The summed E-state index contributed by atoms with van der Waals surface area (Å²) in [6, 6.07) is -3.86. The van der Waals surface area contributed by atoms with Crippen molar-refractivity contribution in [2.24, 2.45) is 93.7 Å². The third-order valence-electron chi connectivity index (χ3n) is 30.0. The number of carboxylic acids is 1. The Hall–Kier alpha value is -8.58. The summed E-state index contributed by atoms with van der Waals surface area (Å²) in [6.07, 6.45) is 18.9. The van der Waals surface area contributed by atoms with E-state index in [4.69, 9.17) is 23.7 Å². The number of aliphatic carboxylic acids is 1. The van der Waals surface area contributed by atoms with Crippen molar-refractivity contribution >= 4 is 103 Å². The van der Waals surface area contributed by atoms with Gasteiger partial charge in [-0.05, 0) is 272 Å². The van der Waals surface area contributed by atoms with E-state index in [-0.39, 0.29) is 177 Å². The number of hydrogen-bond acceptors (Lipinski definition) is 27. The van der Waals surface area contributed by atoms with Crippen molar-refractivity contribution in [3.05, 3.63) is 62.8 Å². The maximum absolute atomic E-state index is 14.1. The first kappa shape index (κ1) is 131. The zero-order chi connectivity index (χ0) is 110. The highest BCUT2D eigenvalue weighted by Gasteiger charge is 2.65. The third-order valence-corrected chi connectivity index (χ3v) is 34.3.